The number of hydrogen-bond acceptors (Lipinski definition) is 2. The fourth-order valence-electron chi connectivity index (χ4n) is 1.11. The monoisotopic (exact) mass is 270 g/mol. The average Bonchev–Trinajstić information content (AvgIpc) is 2.20. The molecule has 0 aromatic heterocycles. The van der Waals surface area contributed by atoms with Crippen molar-refractivity contribution in [3.63, 3.8) is 0 Å². The van der Waals surface area contributed by atoms with Crippen molar-refractivity contribution in [3.8, 4) is 0 Å². The van der Waals surface area contributed by atoms with Crippen LogP contribution in [0.5, 0.6) is 0 Å². The summed E-state index contributed by atoms with van der Waals surface area (Å²) >= 11 is 3.30. The fourth-order valence-corrected chi connectivity index (χ4v) is 1.60. The summed E-state index contributed by atoms with van der Waals surface area (Å²) in [6, 6.07) is 5.03. The molecule has 0 heterocycles. The zero-order chi connectivity index (χ0) is 11.3. The second-order valence-corrected chi connectivity index (χ2v) is 3.62. The first-order chi connectivity index (χ1) is 7.16. The molecule has 0 atom stereocenters. The van der Waals surface area contributed by atoms with Gasteiger partial charge in [0, 0.05) is 10.0 Å². The topological polar surface area (TPSA) is 46.5 Å². The maximum Gasteiger partial charge on any atom is 0.336 e. The number of hydrogen-bond donors (Lipinski definition) is 1. The summed E-state index contributed by atoms with van der Waals surface area (Å²) in [4.78, 5) is 10.9. The van der Waals surface area contributed by atoms with Crippen LogP contribution in [0.4, 0.5) is 0 Å². The summed E-state index contributed by atoms with van der Waals surface area (Å²) < 4.78 is 5.77. The molecule has 1 aromatic carbocycles. The third-order valence-corrected chi connectivity index (χ3v) is 2.47. The van der Waals surface area contributed by atoms with Crippen molar-refractivity contribution in [2.24, 2.45) is 0 Å². The van der Waals surface area contributed by atoms with E-state index in [1.165, 1.54) is 6.26 Å². The predicted molar refractivity (Wildman–Crippen MR) is 61.8 cm³/mol. The molecule has 1 N–H and O–H groups in total. The number of halogens is 1. The SMILES string of the molecule is CCO/C=C/c1c(Br)cccc1C(=O)O. The highest BCUT2D eigenvalue weighted by atomic mass is 79.9. The molecule has 4 heteroatoms. The van der Waals surface area contributed by atoms with E-state index in [2.05, 4.69) is 15.9 Å². The highest BCUT2D eigenvalue weighted by molar-refractivity contribution is 9.10. The minimum absolute atomic E-state index is 0.250. The lowest BCUT2D eigenvalue weighted by atomic mass is 10.1. The highest BCUT2D eigenvalue weighted by Crippen LogP contribution is 2.22. The Morgan fingerprint density at radius 3 is 2.93 bits per heavy atom. The Bertz CT molecular complexity index is 385. The van der Waals surface area contributed by atoms with Gasteiger partial charge in [-0.15, -0.1) is 0 Å². The highest BCUT2D eigenvalue weighted by Gasteiger charge is 2.09. The van der Waals surface area contributed by atoms with Crippen LogP contribution in [-0.4, -0.2) is 17.7 Å². The van der Waals surface area contributed by atoms with Crippen molar-refractivity contribution >= 4 is 28.0 Å². The molecule has 0 saturated carbocycles. The second-order valence-electron chi connectivity index (χ2n) is 2.76. The summed E-state index contributed by atoms with van der Waals surface area (Å²) in [5.74, 6) is -0.951. The van der Waals surface area contributed by atoms with Gasteiger partial charge in [0.15, 0.2) is 0 Å². The lowest BCUT2D eigenvalue weighted by Gasteiger charge is -2.03. The molecule has 1 aromatic rings. The number of carbonyl (C=O) groups is 1. The molecule has 0 aliphatic heterocycles. The van der Waals surface area contributed by atoms with E-state index in [9.17, 15) is 4.79 Å². The van der Waals surface area contributed by atoms with Gasteiger partial charge in [-0.05, 0) is 25.1 Å². The van der Waals surface area contributed by atoms with E-state index in [0.717, 1.165) is 4.47 Å². The first-order valence-corrected chi connectivity index (χ1v) is 5.26. The number of carboxylic acids is 1. The molecule has 3 nitrogen and oxygen atoms in total. The van der Waals surface area contributed by atoms with Gasteiger partial charge in [-0.25, -0.2) is 4.79 Å². The predicted octanol–water partition coefficient (Wildman–Crippen LogP) is 3.15. The van der Waals surface area contributed by atoms with Gasteiger partial charge in [0.2, 0.25) is 0 Å². The molecule has 0 radical (unpaired) electrons. The van der Waals surface area contributed by atoms with Gasteiger partial charge in [-0.2, -0.15) is 0 Å². The lowest BCUT2D eigenvalue weighted by molar-refractivity contribution is 0.0696. The van der Waals surface area contributed by atoms with Crippen LogP contribution < -0.4 is 0 Å². The van der Waals surface area contributed by atoms with E-state index in [1.54, 1.807) is 24.3 Å². The zero-order valence-corrected chi connectivity index (χ0v) is 9.82. The largest absolute Gasteiger partial charge is 0.501 e. The van der Waals surface area contributed by atoms with E-state index in [0.29, 0.717) is 12.2 Å². The van der Waals surface area contributed by atoms with Gasteiger partial charge in [0.25, 0.3) is 0 Å². The van der Waals surface area contributed by atoms with Crippen molar-refractivity contribution in [1.82, 2.24) is 0 Å². The summed E-state index contributed by atoms with van der Waals surface area (Å²) in [6.07, 6.45) is 3.13. The molecule has 0 amide bonds. The molecule has 0 fully saturated rings. The molecule has 1 rings (SSSR count). The minimum atomic E-state index is -0.951. The van der Waals surface area contributed by atoms with E-state index >= 15 is 0 Å². The van der Waals surface area contributed by atoms with E-state index in [1.807, 2.05) is 6.92 Å². The zero-order valence-electron chi connectivity index (χ0n) is 8.24. The number of ether oxygens (including phenoxy) is 1. The van der Waals surface area contributed by atoms with E-state index in [4.69, 9.17) is 9.84 Å². The van der Waals surface area contributed by atoms with Gasteiger partial charge in [0.1, 0.15) is 0 Å². The maximum atomic E-state index is 10.9. The van der Waals surface area contributed by atoms with Gasteiger partial charge in [-0.1, -0.05) is 22.0 Å². The quantitative estimate of drug-likeness (QED) is 0.855. The normalized spacial score (nSPS) is 10.5. The van der Waals surface area contributed by atoms with Crippen molar-refractivity contribution in [2.45, 2.75) is 6.92 Å². The Balaban J connectivity index is 3.07. The average molecular weight is 271 g/mol. The minimum Gasteiger partial charge on any atom is -0.501 e. The Morgan fingerprint density at radius 1 is 1.60 bits per heavy atom. The molecular formula is C11H11BrO3. The Morgan fingerprint density at radius 2 is 2.33 bits per heavy atom. The van der Waals surface area contributed by atoms with Gasteiger partial charge >= 0.3 is 5.97 Å². The second kappa shape index (κ2) is 5.56. The number of aromatic carboxylic acids is 1. The van der Waals surface area contributed by atoms with Crippen molar-refractivity contribution in [1.29, 1.82) is 0 Å². The first-order valence-electron chi connectivity index (χ1n) is 4.46. The van der Waals surface area contributed by atoms with Gasteiger partial charge in [0.05, 0.1) is 18.4 Å². The fraction of sp³-hybridized carbons (Fsp3) is 0.182. The summed E-state index contributed by atoms with van der Waals surface area (Å²) in [5, 5.41) is 8.95. The molecule has 0 spiro atoms. The van der Waals surface area contributed by atoms with Crippen LogP contribution in [0.25, 0.3) is 6.08 Å². The number of rotatable bonds is 4. The van der Waals surface area contributed by atoms with E-state index in [-0.39, 0.29) is 5.56 Å². The number of benzene rings is 1. The van der Waals surface area contributed by atoms with Crippen LogP contribution >= 0.6 is 15.9 Å². The summed E-state index contributed by atoms with van der Waals surface area (Å²) in [7, 11) is 0. The van der Waals surface area contributed by atoms with Crippen LogP contribution in [0.15, 0.2) is 28.9 Å². The van der Waals surface area contributed by atoms with Gasteiger partial charge < -0.3 is 9.84 Å². The Kier molecular flexibility index (Phi) is 4.37. The standard InChI is InChI=1S/C11H11BrO3/c1-2-15-7-6-8-9(11(13)14)4-3-5-10(8)12/h3-7H,2H2,1H3,(H,13,14)/b7-6+. The van der Waals surface area contributed by atoms with Crippen LogP contribution in [0, 0.1) is 0 Å². The molecule has 80 valence electrons. The molecule has 0 unspecified atom stereocenters. The lowest BCUT2D eigenvalue weighted by Crippen LogP contribution is -1.99. The smallest absolute Gasteiger partial charge is 0.336 e. The maximum absolute atomic E-state index is 10.9. The molecule has 0 bridgehead atoms. The molecule has 0 aliphatic rings. The van der Waals surface area contributed by atoms with Crippen LogP contribution in [-0.2, 0) is 4.74 Å². The third kappa shape index (κ3) is 3.09. The number of carboxylic acid groups (broad SMARTS) is 1. The van der Waals surface area contributed by atoms with Crippen LogP contribution in [0.2, 0.25) is 0 Å². The third-order valence-electron chi connectivity index (χ3n) is 1.78. The van der Waals surface area contributed by atoms with Crippen molar-refractivity contribution in [2.75, 3.05) is 6.61 Å². The van der Waals surface area contributed by atoms with Crippen molar-refractivity contribution < 1.29 is 14.6 Å². The van der Waals surface area contributed by atoms with Crippen LogP contribution in [0.3, 0.4) is 0 Å². The molecule has 15 heavy (non-hydrogen) atoms. The Labute approximate surface area is 96.5 Å². The molecular weight excluding hydrogens is 260 g/mol. The van der Waals surface area contributed by atoms with E-state index < -0.39 is 5.97 Å². The first kappa shape index (κ1) is 11.8. The Hall–Kier alpha value is -1.29. The summed E-state index contributed by atoms with van der Waals surface area (Å²) in [5.41, 5.74) is 0.860. The molecule has 0 saturated heterocycles. The van der Waals surface area contributed by atoms with Gasteiger partial charge in [-0.3, -0.25) is 0 Å². The van der Waals surface area contributed by atoms with Crippen molar-refractivity contribution in [3.05, 3.63) is 40.1 Å². The van der Waals surface area contributed by atoms with Crippen LogP contribution in [0.1, 0.15) is 22.8 Å². The summed E-state index contributed by atoms with van der Waals surface area (Å²) in [6.45, 7) is 2.42. The molecule has 0 aliphatic carbocycles.